The van der Waals surface area contributed by atoms with Gasteiger partial charge in [-0.2, -0.15) is 0 Å². The van der Waals surface area contributed by atoms with E-state index in [9.17, 15) is 13.2 Å². The molecule has 2 rings (SSSR count). The number of hydrogen-bond acceptors (Lipinski definition) is 2. The maximum atomic E-state index is 14.6. The highest BCUT2D eigenvalue weighted by Gasteiger charge is 2.16. The molecule has 1 heterocycles. The molecule has 0 bridgehead atoms. The molecule has 0 amide bonds. The predicted octanol–water partition coefficient (Wildman–Crippen LogP) is 7.79. The number of nitrogens with zero attached hydrogens (tertiary/aromatic N) is 2. The molecule has 0 saturated heterocycles. The van der Waals surface area contributed by atoms with E-state index in [-0.39, 0.29) is 11.4 Å². The third-order valence-corrected chi connectivity index (χ3v) is 5.48. The summed E-state index contributed by atoms with van der Waals surface area (Å²) in [5.74, 6) is -1.50. The van der Waals surface area contributed by atoms with E-state index >= 15 is 0 Å². The van der Waals surface area contributed by atoms with Crippen molar-refractivity contribution in [3.05, 3.63) is 47.3 Å². The van der Waals surface area contributed by atoms with Gasteiger partial charge in [-0.1, -0.05) is 57.9 Å². The van der Waals surface area contributed by atoms with Crippen LogP contribution in [-0.2, 0) is 12.8 Å². The van der Waals surface area contributed by atoms with Gasteiger partial charge in [0.05, 0.1) is 11.7 Å². The Balaban J connectivity index is 1.86. The highest BCUT2D eigenvalue weighted by atomic mass is 19.2. The number of benzene rings is 1. The largest absolute Gasteiger partial charge is 0.248 e. The lowest BCUT2D eigenvalue weighted by atomic mass is 10.0. The van der Waals surface area contributed by atoms with Gasteiger partial charge in [0, 0.05) is 12.4 Å². The van der Waals surface area contributed by atoms with E-state index in [1.165, 1.54) is 39.0 Å². The van der Waals surface area contributed by atoms with Gasteiger partial charge in [-0.05, 0) is 56.2 Å². The highest BCUT2D eigenvalue weighted by Crippen LogP contribution is 2.25. The molecule has 0 N–H and O–H groups in total. The second-order valence-corrected chi connectivity index (χ2v) is 8.21. The Morgan fingerprint density at radius 2 is 1.43 bits per heavy atom. The molecule has 2 nitrogen and oxygen atoms in total. The van der Waals surface area contributed by atoms with Crippen molar-refractivity contribution in [1.29, 1.82) is 0 Å². The second-order valence-electron chi connectivity index (χ2n) is 8.21. The standard InChI is InChI=1S/C25H35F3N2/c1-3-4-5-6-7-8-9-10-14-21-15-16-22(24(28)23(21)27)25-29-17-20(18-30-25)13-11-12-19(2)26/h15-19H,3-14H2,1-2H3. The first kappa shape index (κ1) is 24.4. The summed E-state index contributed by atoms with van der Waals surface area (Å²) in [4.78, 5) is 8.37. The summed E-state index contributed by atoms with van der Waals surface area (Å²) >= 11 is 0. The SMILES string of the molecule is CCCCCCCCCCc1ccc(-c2ncc(CCCC(C)F)cn2)c(F)c1F. The Hall–Kier alpha value is -1.91. The third-order valence-electron chi connectivity index (χ3n) is 5.48. The monoisotopic (exact) mass is 420 g/mol. The van der Waals surface area contributed by atoms with Crippen LogP contribution in [0.3, 0.4) is 0 Å². The Bertz CT molecular complexity index is 745. The van der Waals surface area contributed by atoms with Crippen molar-refractivity contribution in [1.82, 2.24) is 9.97 Å². The Morgan fingerprint density at radius 1 is 0.800 bits per heavy atom. The molecular weight excluding hydrogens is 385 g/mol. The zero-order valence-corrected chi connectivity index (χ0v) is 18.4. The van der Waals surface area contributed by atoms with Crippen molar-refractivity contribution in [3.8, 4) is 11.4 Å². The summed E-state index contributed by atoms with van der Waals surface area (Å²) < 4.78 is 42.0. The van der Waals surface area contributed by atoms with Crippen molar-refractivity contribution < 1.29 is 13.2 Å². The van der Waals surface area contributed by atoms with Crippen LogP contribution in [0.2, 0.25) is 0 Å². The van der Waals surface area contributed by atoms with Crippen LogP contribution in [0.5, 0.6) is 0 Å². The average Bonchev–Trinajstić information content (AvgIpc) is 2.73. The van der Waals surface area contributed by atoms with Crippen LogP contribution >= 0.6 is 0 Å². The number of hydrogen-bond donors (Lipinski definition) is 0. The zero-order chi connectivity index (χ0) is 21.8. The Labute approximate surface area is 179 Å². The third kappa shape index (κ3) is 8.08. The van der Waals surface area contributed by atoms with E-state index in [0.29, 0.717) is 31.2 Å². The average molecular weight is 421 g/mol. The number of aromatic nitrogens is 2. The maximum Gasteiger partial charge on any atom is 0.170 e. The van der Waals surface area contributed by atoms with E-state index in [2.05, 4.69) is 16.9 Å². The van der Waals surface area contributed by atoms with Crippen LogP contribution in [0.25, 0.3) is 11.4 Å². The van der Waals surface area contributed by atoms with E-state index in [1.54, 1.807) is 24.5 Å². The fourth-order valence-electron chi connectivity index (χ4n) is 3.61. The van der Waals surface area contributed by atoms with Crippen LogP contribution in [0.1, 0.15) is 89.2 Å². The summed E-state index contributed by atoms with van der Waals surface area (Å²) in [7, 11) is 0. The molecule has 0 aliphatic carbocycles. The first-order chi connectivity index (χ1) is 14.5. The van der Waals surface area contributed by atoms with E-state index in [1.807, 2.05) is 0 Å². The molecule has 2 aromatic rings. The van der Waals surface area contributed by atoms with Gasteiger partial charge in [0.1, 0.15) is 0 Å². The van der Waals surface area contributed by atoms with Crippen molar-refractivity contribution in [2.24, 2.45) is 0 Å². The normalized spacial score (nSPS) is 12.3. The van der Waals surface area contributed by atoms with Gasteiger partial charge in [0.2, 0.25) is 0 Å². The number of aryl methyl sites for hydroxylation is 2. The summed E-state index contributed by atoms with van der Waals surface area (Å²) in [5, 5.41) is 0. The van der Waals surface area contributed by atoms with Crippen LogP contribution in [0, 0.1) is 11.6 Å². The molecule has 0 spiro atoms. The summed E-state index contributed by atoms with van der Waals surface area (Å²) in [5.41, 5.74) is 1.36. The topological polar surface area (TPSA) is 25.8 Å². The lowest BCUT2D eigenvalue weighted by molar-refractivity contribution is 0.334. The second kappa shape index (κ2) is 13.4. The number of unbranched alkanes of at least 4 members (excludes halogenated alkanes) is 7. The lowest BCUT2D eigenvalue weighted by Crippen LogP contribution is -2.01. The minimum absolute atomic E-state index is 0.0797. The Kier molecular flexibility index (Phi) is 10.9. The number of rotatable bonds is 14. The first-order valence-electron chi connectivity index (χ1n) is 11.4. The molecule has 0 saturated carbocycles. The minimum Gasteiger partial charge on any atom is -0.248 e. The lowest BCUT2D eigenvalue weighted by Gasteiger charge is -2.09. The van der Waals surface area contributed by atoms with Gasteiger partial charge >= 0.3 is 0 Å². The van der Waals surface area contributed by atoms with E-state index < -0.39 is 17.8 Å². The van der Waals surface area contributed by atoms with Gasteiger partial charge in [-0.3, -0.25) is 0 Å². The first-order valence-corrected chi connectivity index (χ1v) is 11.4. The molecule has 1 atom stereocenters. The quantitative estimate of drug-likeness (QED) is 0.292. The fourth-order valence-corrected chi connectivity index (χ4v) is 3.61. The molecular formula is C25H35F3N2. The molecule has 5 heteroatoms. The van der Waals surface area contributed by atoms with Crippen LogP contribution in [0.15, 0.2) is 24.5 Å². The van der Waals surface area contributed by atoms with Gasteiger partial charge in [-0.15, -0.1) is 0 Å². The van der Waals surface area contributed by atoms with Gasteiger partial charge in [0.25, 0.3) is 0 Å². The van der Waals surface area contributed by atoms with Crippen molar-refractivity contribution >= 4 is 0 Å². The van der Waals surface area contributed by atoms with E-state index in [4.69, 9.17) is 0 Å². The van der Waals surface area contributed by atoms with Gasteiger partial charge in [-0.25, -0.2) is 23.1 Å². The highest BCUT2D eigenvalue weighted by molar-refractivity contribution is 5.56. The van der Waals surface area contributed by atoms with Crippen LogP contribution < -0.4 is 0 Å². The number of halogens is 3. The van der Waals surface area contributed by atoms with Gasteiger partial charge < -0.3 is 0 Å². The predicted molar refractivity (Wildman–Crippen MR) is 117 cm³/mol. The van der Waals surface area contributed by atoms with Crippen molar-refractivity contribution in [3.63, 3.8) is 0 Å². The number of alkyl halides is 1. The molecule has 0 aliphatic rings. The molecule has 1 aromatic carbocycles. The molecule has 30 heavy (non-hydrogen) atoms. The summed E-state index contributed by atoms with van der Waals surface area (Å²) in [6, 6.07) is 3.22. The molecule has 0 aliphatic heterocycles. The van der Waals surface area contributed by atoms with E-state index in [0.717, 1.165) is 24.8 Å². The van der Waals surface area contributed by atoms with Crippen LogP contribution in [-0.4, -0.2) is 16.1 Å². The van der Waals surface area contributed by atoms with Gasteiger partial charge in [0.15, 0.2) is 17.5 Å². The summed E-state index contributed by atoms with van der Waals surface area (Å²) in [6.45, 7) is 3.74. The molecule has 0 radical (unpaired) electrons. The molecule has 1 unspecified atom stereocenters. The summed E-state index contributed by atoms with van der Waals surface area (Å²) in [6.07, 6.45) is 14.2. The minimum atomic E-state index is -0.883. The zero-order valence-electron chi connectivity index (χ0n) is 18.4. The molecule has 0 fully saturated rings. The van der Waals surface area contributed by atoms with Crippen molar-refractivity contribution in [2.75, 3.05) is 0 Å². The smallest absolute Gasteiger partial charge is 0.170 e. The maximum absolute atomic E-state index is 14.6. The molecule has 1 aromatic heterocycles. The van der Waals surface area contributed by atoms with Crippen molar-refractivity contribution in [2.45, 2.75) is 97.1 Å². The van der Waals surface area contributed by atoms with Crippen LogP contribution in [0.4, 0.5) is 13.2 Å². The molecule has 166 valence electrons. The Morgan fingerprint density at radius 3 is 2.07 bits per heavy atom. The fraction of sp³-hybridized carbons (Fsp3) is 0.600.